The lowest BCUT2D eigenvalue weighted by Gasteiger charge is -2.06. The van der Waals surface area contributed by atoms with Gasteiger partial charge in [0.25, 0.3) is 12.3 Å². The number of carbonyl (C=O) groups is 1. The molecule has 2 heterocycles. The number of nitrogens with zero attached hydrogens (tertiary/aromatic N) is 3. The van der Waals surface area contributed by atoms with Gasteiger partial charge in [0.15, 0.2) is 11.3 Å². The van der Waals surface area contributed by atoms with Gasteiger partial charge in [-0.1, -0.05) is 6.92 Å². The minimum absolute atomic E-state index is 0.116. The maximum atomic E-state index is 13.2. The number of amides is 1. The second-order valence-electron chi connectivity index (χ2n) is 5.24. The van der Waals surface area contributed by atoms with Gasteiger partial charge in [0.2, 0.25) is 0 Å². The molecular formula is C14H16F2N4O. The van der Waals surface area contributed by atoms with Crippen molar-refractivity contribution in [2.75, 3.05) is 6.54 Å². The van der Waals surface area contributed by atoms with E-state index in [4.69, 9.17) is 0 Å². The number of hydrogen-bond acceptors (Lipinski definition) is 3. The highest BCUT2D eigenvalue weighted by Gasteiger charge is 2.28. The monoisotopic (exact) mass is 294 g/mol. The van der Waals surface area contributed by atoms with Crippen LogP contribution in [0.2, 0.25) is 0 Å². The molecule has 7 heteroatoms. The Morgan fingerprint density at radius 3 is 2.86 bits per heavy atom. The Balaban J connectivity index is 2.02. The summed E-state index contributed by atoms with van der Waals surface area (Å²) in [5.74, 6) is -0.102. The maximum absolute atomic E-state index is 13.2. The first-order valence-corrected chi connectivity index (χ1v) is 7.07. The van der Waals surface area contributed by atoms with E-state index < -0.39 is 6.43 Å². The third-order valence-corrected chi connectivity index (χ3v) is 3.46. The first kappa shape index (κ1) is 13.9. The molecule has 21 heavy (non-hydrogen) atoms. The molecule has 1 fully saturated rings. The topological polar surface area (TPSA) is 59.3 Å². The average molecular weight is 294 g/mol. The third kappa shape index (κ3) is 2.72. The van der Waals surface area contributed by atoms with Crippen LogP contribution < -0.4 is 5.32 Å². The van der Waals surface area contributed by atoms with Crippen LogP contribution in [0.15, 0.2) is 12.1 Å². The van der Waals surface area contributed by atoms with Gasteiger partial charge in [-0.05, 0) is 25.3 Å². The van der Waals surface area contributed by atoms with Crippen LogP contribution in [0.3, 0.4) is 0 Å². The molecule has 1 saturated carbocycles. The summed E-state index contributed by atoms with van der Waals surface area (Å²) in [4.78, 5) is 16.2. The SMILES string of the molecule is CCCNC(=O)c1cc2nc(C3CC3)cc(C(F)F)n2n1. The number of alkyl halides is 2. The molecule has 0 aromatic carbocycles. The van der Waals surface area contributed by atoms with Gasteiger partial charge < -0.3 is 5.32 Å². The van der Waals surface area contributed by atoms with Gasteiger partial charge in [-0.3, -0.25) is 4.79 Å². The summed E-state index contributed by atoms with van der Waals surface area (Å²) in [5, 5.41) is 6.65. The molecule has 0 spiro atoms. The predicted molar refractivity (Wildman–Crippen MR) is 72.5 cm³/mol. The number of aromatic nitrogens is 3. The molecule has 1 aliphatic carbocycles. The number of rotatable bonds is 5. The summed E-state index contributed by atoms with van der Waals surface area (Å²) in [5.41, 5.74) is 0.872. The lowest BCUT2D eigenvalue weighted by atomic mass is 10.2. The Bertz CT molecular complexity index is 679. The first-order chi connectivity index (χ1) is 10.1. The minimum Gasteiger partial charge on any atom is -0.351 e. The molecule has 1 amide bonds. The summed E-state index contributed by atoms with van der Waals surface area (Å²) >= 11 is 0. The van der Waals surface area contributed by atoms with E-state index in [1.165, 1.54) is 12.1 Å². The molecule has 0 saturated heterocycles. The van der Waals surface area contributed by atoms with Gasteiger partial charge in [-0.2, -0.15) is 5.10 Å². The molecule has 5 nitrogen and oxygen atoms in total. The van der Waals surface area contributed by atoms with Crippen molar-refractivity contribution in [3.8, 4) is 0 Å². The van der Waals surface area contributed by atoms with Crippen molar-refractivity contribution in [2.45, 2.75) is 38.5 Å². The van der Waals surface area contributed by atoms with Crippen molar-refractivity contribution in [3.63, 3.8) is 0 Å². The largest absolute Gasteiger partial charge is 0.351 e. The standard InChI is InChI=1S/C14H16F2N4O/c1-2-5-17-14(21)10-7-12-18-9(8-3-4-8)6-11(13(15)16)20(12)19-10/h6-8,13H,2-5H2,1H3,(H,17,21). The van der Waals surface area contributed by atoms with E-state index in [9.17, 15) is 13.6 Å². The second-order valence-corrected chi connectivity index (χ2v) is 5.24. The normalized spacial score (nSPS) is 14.9. The van der Waals surface area contributed by atoms with Crippen LogP contribution in [0.4, 0.5) is 8.78 Å². The second kappa shape index (κ2) is 5.38. The van der Waals surface area contributed by atoms with Crippen molar-refractivity contribution in [1.29, 1.82) is 0 Å². The van der Waals surface area contributed by atoms with Gasteiger partial charge in [-0.25, -0.2) is 18.3 Å². The highest BCUT2D eigenvalue weighted by atomic mass is 19.3. The van der Waals surface area contributed by atoms with Crippen molar-refractivity contribution < 1.29 is 13.6 Å². The fourth-order valence-electron chi connectivity index (χ4n) is 2.20. The zero-order valence-electron chi connectivity index (χ0n) is 11.6. The van der Waals surface area contributed by atoms with Crippen LogP contribution in [0.25, 0.3) is 5.65 Å². The lowest BCUT2D eigenvalue weighted by Crippen LogP contribution is -2.24. The Morgan fingerprint density at radius 2 is 2.24 bits per heavy atom. The molecule has 0 bridgehead atoms. The summed E-state index contributed by atoms with van der Waals surface area (Å²) in [6, 6.07) is 2.86. The molecule has 3 rings (SSSR count). The van der Waals surface area contributed by atoms with Gasteiger partial charge in [0, 0.05) is 24.2 Å². The summed E-state index contributed by atoms with van der Waals surface area (Å²) in [6.45, 7) is 2.46. The number of hydrogen-bond donors (Lipinski definition) is 1. The molecule has 0 unspecified atom stereocenters. The number of nitrogens with one attached hydrogen (secondary N) is 1. The molecule has 112 valence electrons. The van der Waals surface area contributed by atoms with E-state index in [0.29, 0.717) is 17.9 Å². The molecule has 2 aromatic rings. The highest BCUT2D eigenvalue weighted by molar-refractivity contribution is 5.93. The maximum Gasteiger partial charge on any atom is 0.280 e. The first-order valence-electron chi connectivity index (χ1n) is 7.07. The van der Waals surface area contributed by atoms with Crippen LogP contribution in [0, 0.1) is 0 Å². The molecule has 0 atom stereocenters. The Morgan fingerprint density at radius 1 is 1.48 bits per heavy atom. The van der Waals surface area contributed by atoms with Gasteiger partial charge in [0.1, 0.15) is 5.69 Å². The van der Waals surface area contributed by atoms with Gasteiger partial charge >= 0.3 is 0 Å². The fourth-order valence-corrected chi connectivity index (χ4v) is 2.20. The highest BCUT2D eigenvalue weighted by Crippen LogP contribution is 2.40. The van der Waals surface area contributed by atoms with E-state index >= 15 is 0 Å². The zero-order valence-corrected chi connectivity index (χ0v) is 11.6. The zero-order chi connectivity index (χ0) is 15.0. The predicted octanol–water partition coefficient (Wildman–Crippen LogP) is 2.68. The van der Waals surface area contributed by atoms with Crippen LogP contribution in [-0.2, 0) is 0 Å². The number of carbonyl (C=O) groups excluding carboxylic acids is 1. The summed E-state index contributed by atoms with van der Waals surface area (Å²) in [6.07, 6.45) is 0.0959. The Kier molecular flexibility index (Phi) is 3.57. The Labute approximate surface area is 120 Å². The minimum atomic E-state index is -2.65. The summed E-state index contributed by atoms with van der Waals surface area (Å²) < 4.78 is 27.4. The van der Waals surface area contributed by atoms with Crippen molar-refractivity contribution >= 4 is 11.6 Å². The number of fused-ring (bicyclic) bond motifs is 1. The third-order valence-electron chi connectivity index (χ3n) is 3.46. The van der Waals surface area contributed by atoms with E-state index in [2.05, 4.69) is 15.4 Å². The fraction of sp³-hybridized carbons (Fsp3) is 0.500. The smallest absolute Gasteiger partial charge is 0.280 e. The van der Waals surface area contributed by atoms with E-state index in [1.54, 1.807) is 0 Å². The average Bonchev–Trinajstić information content (AvgIpc) is 3.22. The summed E-state index contributed by atoms with van der Waals surface area (Å²) in [7, 11) is 0. The van der Waals surface area contributed by atoms with Crippen molar-refractivity contribution in [1.82, 2.24) is 19.9 Å². The van der Waals surface area contributed by atoms with Crippen LogP contribution in [0.1, 0.15) is 60.4 Å². The van der Waals surface area contributed by atoms with Gasteiger partial charge in [0.05, 0.1) is 0 Å². The molecule has 1 aliphatic rings. The quantitative estimate of drug-likeness (QED) is 0.922. The molecule has 0 aliphatic heterocycles. The molecule has 0 radical (unpaired) electrons. The number of halogens is 2. The van der Waals surface area contributed by atoms with E-state index in [0.717, 1.165) is 23.8 Å². The van der Waals surface area contributed by atoms with Crippen LogP contribution in [0.5, 0.6) is 0 Å². The Hall–Kier alpha value is -2.05. The van der Waals surface area contributed by atoms with Crippen LogP contribution >= 0.6 is 0 Å². The molecular weight excluding hydrogens is 278 g/mol. The van der Waals surface area contributed by atoms with Gasteiger partial charge in [-0.15, -0.1) is 0 Å². The van der Waals surface area contributed by atoms with Crippen molar-refractivity contribution in [2.24, 2.45) is 0 Å². The molecule has 2 aromatic heterocycles. The van der Waals surface area contributed by atoms with Crippen molar-refractivity contribution in [3.05, 3.63) is 29.2 Å². The van der Waals surface area contributed by atoms with Crippen LogP contribution in [-0.4, -0.2) is 27.0 Å². The van der Waals surface area contributed by atoms with E-state index in [1.807, 2.05) is 6.92 Å². The van der Waals surface area contributed by atoms with E-state index in [-0.39, 0.29) is 23.2 Å². The molecule has 1 N–H and O–H groups in total. The lowest BCUT2D eigenvalue weighted by molar-refractivity contribution is 0.0947.